The molecular weight excluding hydrogens is 104 g/mol. The van der Waals surface area contributed by atoms with Crippen molar-refractivity contribution in [2.75, 3.05) is 19.8 Å². The predicted octanol–water partition coefficient (Wildman–Crippen LogP) is -0.823. The van der Waals surface area contributed by atoms with Crippen LogP contribution in [0.3, 0.4) is 0 Å². The quantitative estimate of drug-likeness (QED) is 0.484. The first-order chi connectivity index (χ1) is 3.83. The summed E-state index contributed by atoms with van der Waals surface area (Å²) in [6.45, 7) is 1.94. The average Bonchev–Trinajstić information content (AvgIpc) is 2.14. The van der Waals surface area contributed by atoms with Crippen molar-refractivity contribution in [3.63, 3.8) is 0 Å². The van der Waals surface area contributed by atoms with Crippen LogP contribution in [0.25, 0.3) is 0 Å². The molecule has 0 spiro atoms. The molecule has 1 saturated heterocycles. The highest BCUT2D eigenvalue weighted by Gasteiger charge is 2.16. The molecule has 0 radical (unpaired) electrons. The van der Waals surface area contributed by atoms with Gasteiger partial charge >= 0.3 is 0 Å². The molecule has 0 aromatic rings. The summed E-state index contributed by atoms with van der Waals surface area (Å²) >= 11 is 0. The van der Waals surface area contributed by atoms with Crippen molar-refractivity contribution in [2.24, 2.45) is 5.73 Å². The molecule has 8 heavy (non-hydrogen) atoms. The number of likely N-dealkylation sites (tertiary alicyclic amines) is 1. The summed E-state index contributed by atoms with van der Waals surface area (Å²) in [4.78, 5) is 12.4. The van der Waals surface area contributed by atoms with E-state index >= 15 is 0 Å². The van der Waals surface area contributed by atoms with Crippen molar-refractivity contribution >= 4 is 5.78 Å². The Morgan fingerprint density at radius 3 is 2.75 bits per heavy atom. The number of ketones is 1. The normalized spacial score (nSPS) is 22.4. The molecule has 0 bridgehead atoms. The zero-order valence-corrected chi connectivity index (χ0v) is 4.76. The first-order valence-corrected chi connectivity index (χ1v) is 2.77. The summed E-state index contributed by atoms with van der Waals surface area (Å²) < 4.78 is 0. The third-order valence-corrected chi connectivity index (χ3v) is 1.37. The van der Waals surface area contributed by atoms with Crippen LogP contribution in [0.15, 0.2) is 0 Å². The Labute approximate surface area is 48.5 Å². The zero-order chi connectivity index (χ0) is 5.98. The standard InChI is InChI=1S/C5H10N2O/c6-4-7-2-1-5(8)3-7/h1-4,6H2. The lowest BCUT2D eigenvalue weighted by Crippen LogP contribution is -2.27. The fourth-order valence-electron chi connectivity index (χ4n) is 0.846. The number of nitrogens with two attached hydrogens (primary N) is 1. The number of carbonyl (C=O) groups is 1. The molecule has 46 valence electrons. The van der Waals surface area contributed by atoms with Gasteiger partial charge in [0.05, 0.1) is 6.54 Å². The van der Waals surface area contributed by atoms with Crippen molar-refractivity contribution in [3.05, 3.63) is 0 Å². The van der Waals surface area contributed by atoms with Gasteiger partial charge < -0.3 is 5.73 Å². The summed E-state index contributed by atoms with van der Waals surface area (Å²) in [5, 5.41) is 0. The molecule has 0 amide bonds. The van der Waals surface area contributed by atoms with Crippen LogP contribution in [0.1, 0.15) is 6.42 Å². The van der Waals surface area contributed by atoms with E-state index < -0.39 is 0 Å². The van der Waals surface area contributed by atoms with Crippen molar-refractivity contribution in [1.82, 2.24) is 4.90 Å². The molecule has 0 saturated carbocycles. The zero-order valence-electron chi connectivity index (χ0n) is 4.76. The molecule has 1 fully saturated rings. The monoisotopic (exact) mass is 114 g/mol. The number of nitrogens with zero attached hydrogens (tertiary/aromatic N) is 1. The molecule has 3 nitrogen and oxygen atoms in total. The van der Waals surface area contributed by atoms with Gasteiger partial charge in [0.15, 0.2) is 0 Å². The first kappa shape index (κ1) is 5.72. The van der Waals surface area contributed by atoms with Crippen LogP contribution in [-0.2, 0) is 4.79 Å². The van der Waals surface area contributed by atoms with Gasteiger partial charge in [0, 0.05) is 19.6 Å². The van der Waals surface area contributed by atoms with Gasteiger partial charge in [-0.2, -0.15) is 0 Å². The van der Waals surface area contributed by atoms with E-state index in [-0.39, 0.29) is 0 Å². The minimum atomic E-state index is 0.315. The third-order valence-electron chi connectivity index (χ3n) is 1.37. The Kier molecular flexibility index (Phi) is 1.60. The maximum Gasteiger partial charge on any atom is 0.148 e. The van der Waals surface area contributed by atoms with Crippen molar-refractivity contribution in [3.8, 4) is 0 Å². The van der Waals surface area contributed by atoms with Gasteiger partial charge in [-0.1, -0.05) is 0 Å². The number of rotatable bonds is 1. The van der Waals surface area contributed by atoms with Gasteiger partial charge in [-0.05, 0) is 0 Å². The molecule has 3 heteroatoms. The molecule has 0 atom stereocenters. The fourth-order valence-corrected chi connectivity index (χ4v) is 0.846. The molecule has 1 aliphatic rings. The lowest BCUT2D eigenvalue weighted by atomic mass is 10.4. The van der Waals surface area contributed by atoms with Crippen LogP contribution >= 0.6 is 0 Å². The average molecular weight is 114 g/mol. The van der Waals surface area contributed by atoms with Crippen LogP contribution in [-0.4, -0.2) is 30.4 Å². The highest BCUT2D eigenvalue weighted by atomic mass is 16.1. The molecule has 1 rings (SSSR count). The number of carbonyl (C=O) groups excluding carboxylic acids is 1. The highest BCUT2D eigenvalue weighted by molar-refractivity contribution is 5.82. The molecule has 1 heterocycles. The van der Waals surface area contributed by atoms with E-state index in [0.717, 1.165) is 6.54 Å². The second kappa shape index (κ2) is 2.24. The van der Waals surface area contributed by atoms with Gasteiger partial charge in [0.2, 0.25) is 0 Å². The maximum atomic E-state index is 10.5. The Hall–Kier alpha value is -0.410. The Bertz CT molecular complexity index is 103. The second-order valence-corrected chi connectivity index (χ2v) is 2.02. The molecule has 1 aliphatic heterocycles. The van der Waals surface area contributed by atoms with Gasteiger partial charge in [-0.25, -0.2) is 0 Å². The summed E-state index contributed by atoms with van der Waals surface area (Å²) in [7, 11) is 0. The molecule has 0 aromatic heterocycles. The van der Waals surface area contributed by atoms with Crippen molar-refractivity contribution in [2.45, 2.75) is 6.42 Å². The molecule has 0 aliphatic carbocycles. The summed E-state index contributed by atoms with van der Waals surface area (Å²) in [6.07, 6.45) is 0.692. The van der Waals surface area contributed by atoms with E-state index in [2.05, 4.69) is 0 Å². The van der Waals surface area contributed by atoms with Crippen LogP contribution in [0.2, 0.25) is 0 Å². The highest BCUT2D eigenvalue weighted by Crippen LogP contribution is 1.99. The smallest absolute Gasteiger partial charge is 0.148 e. The Balaban J connectivity index is 2.32. The second-order valence-electron chi connectivity index (χ2n) is 2.02. The Morgan fingerprint density at radius 1 is 1.75 bits per heavy atom. The lowest BCUT2D eigenvalue weighted by molar-refractivity contribution is -0.116. The SMILES string of the molecule is NCN1CCC(=O)C1. The third kappa shape index (κ3) is 1.05. The van der Waals surface area contributed by atoms with E-state index in [1.54, 1.807) is 0 Å². The van der Waals surface area contributed by atoms with E-state index in [0.29, 0.717) is 25.4 Å². The van der Waals surface area contributed by atoms with Crippen molar-refractivity contribution < 1.29 is 4.79 Å². The van der Waals surface area contributed by atoms with Gasteiger partial charge in [0.25, 0.3) is 0 Å². The number of hydrogen-bond acceptors (Lipinski definition) is 3. The molecular formula is C5H10N2O. The predicted molar refractivity (Wildman–Crippen MR) is 30.3 cm³/mol. The summed E-state index contributed by atoms with van der Waals surface area (Å²) in [5.74, 6) is 0.315. The fraction of sp³-hybridized carbons (Fsp3) is 0.800. The van der Waals surface area contributed by atoms with Crippen molar-refractivity contribution in [1.29, 1.82) is 0 Å². The largest absolute Gasteiger partial charge is 0.318 e. The van der Waals surface area contributed by atoms with E-state index in [4.69, 9.17) is 5.73 Å². The van der Waals surface area contributed by atoms with Crippen LogP contribution in [0.5, 0.6) is 0 Å². The maximum absolute atomic E-state index is 10.5. The Morgan fingerprint density at radius 2 is 2.50 bits per heavy atom. The summed E-state index contributed by atoms with van der Waals surface area (Å²) in [5.41, 5.74) is 5.27. The molecule has 0 aromatic carbocycles. The lowest BCUT2D eigenvalue weighted by Gasteiger charge is -2.06. The topological polar surface area (TPSA) is 46.3 Å². The minimum Gasteiger partial charge on any atom is -0.318 e. The van der Waals surface area contributed by atoms with E-state index in [1.165, 1.54) is 0 Å². The van der Waals surface area contributed by atoms with Crippen LogP contribution < -0.4 is 5.73 Å². The van der Waals surface area contributed by atoms with Crippen LogP contribution in [0, 0.1) is 0 Å². The van der Waals surface area contributed by atoms with Gasteiger partial charge in [-0.3, -0.25) is 9.69 Å². The minimum absolute atomic E-state index is 0.315. The number of hydrogen-bond donors (Lipinski definition) is 1. The molecule has 0 unspecified atom stereocenters. The summed E-state index contributed by atoms with van der Waals surface area (Å²) in [6, 6.07) is 0. The van der Waals surface area contributed by atoms with E-state index in [9.17, 15) is 4.79 Å². The van der Waals surface area contributed by atoms with Crippen LogP contribution in [0.4, 0.5) is 0 Å². The van der Waals surface area contributed by atoms with Gasteiger partial charge in [-0.15, -0.1) is 0 Å². The molecule has 2 N–H and O–H groups in total. The first-order valence-electron chi connectivity index (χ1n) is 2.77. The van der Waals surface area contributed by atoms with E-state index in [1.807, 2.05) is 4.90 Å². The van der Waals surface area contributed by atoms with Gasteiger partial charge in [0.1, 0.15) is 5.78 Å². The number of Topliss-reactive ketones (excluding diaryl/α,β-unsaturated/α-hetero) is 1.